The second-order valence-electron chi connectivity index (χ2n) is 7.04. The molecule has 1 aromatic heterocycles. The number of hydrazone groups is 1. The van der Waals surface area contributed by atoms with E-state index in [0.29, 0.717) is 5.17 Å². The highest BCUT2D eigenvalue weighted by Crippen LogP contribution is 2.30. The number of aryl methyl sites for hydroxylation is 3. The van der Waals surface area contributed by atoms with Crippen LogP contribution in [0.1, 0.15) is 35.0 Å². The second-order valence-corrected chi connectivity index (χ2v) is 8.20. The van der Waals surface area contributed by atoms with Crippen molar-refractivity contribution in [1.29, 1.82) is 5.41 Å². The number of nitrogens with one attached hydrogen (secondary N) is 1. The number of rotatable bonds is 2. The lowest BCUT2D eigenvalue weighted by Crippen LogP contribution is -2.35. The number of amides is 1. The van der Waals surface area contributed by atoms with Gasteiger partial charge in [-0.05, 0) is 75.2 Å². The first kappa shape index (κ1) is 18.4. The molecule has 0 bridgehead atoms. The molecular formula is C21H21N5OS. The summed E-state index contributed by atoms with van der Waals surface area (Å²) in [4.78, 5) is 16.6. The molecule has 2 aromatic rings. The minimum Gasteiger partial charge on any atom is -0.317 e. The predicted molar refractivity (Wildman–Crippen MR) is 115 cm³/mol. The van der Waals surface area contributed by atoms with Gasteiger partial charge < -0.3 is 4.57 Å². The zero-order valence-electron chi connectivity index (χ0n) is 16.5. The Kier molecular flexibility index (Phi) is 4.34. The normalized spacial score (nSPS) is 17.9. The lowest BCUT2D eigenvalue weighted by atomic mass is 10.1. The fraction of sp³-hybridized carbons (Fsp3) is 0.238. The number of hydrogen-bond acceptors (Lipinski definition) is 4. The molecule has 2 aliphatic heterocycles. The molecule has 0 saturated heterocycles. The van der Waals surface area contributed by atoms with Gasteiger partial charge in [0.15, 0.2) is 5.84 Å². The van der Waals surface area contributed by atoms with E-state index in [1.165, 1.54) is 27.9 Å². The average Bonchev–Trinajstić information content (AvgIpc) is 3.12. The van der Waals surface area contributed by atoms with Crippen molar-refractivity contribution in [2.24, 2.45) is 10.1 Å². The van der Waals surface area contributed by atoms with Crippen molar-refractivity contribution in [3.05, 3.63) is 57.9 Å². The summed E-state index contributed by atoms with van der Waals surface area (Å²) >= 11 is 1.31. The standard InChI is InChI=1S/C21H21N5OS/c1-11-7-6-8-12(2)18(11)25-13(3)9-16(14(25)4)10-17-19(22)26-21(23-20(17)27)28-15(5)24-26/h6-10,22H,1-5H3. The zero-order chi connectivity index (χ0) is 20.2. The Bertz CT molecular complexity index is 1120. The van der Waals surface area contributed by atoms with Gasteiger partial charge in [-0.2, -0.15) is 15.1 Å². The van der Waals surface area contributed by atoms with Gasteiger partial charge in [0.05, 0.1) is 16.3 Å². The molecule has 3 heterocycles. The van der Waals surface area contributed by atoms with E-state index in [4.69, 9.17) is 5.41 Å². The molecule has 0 atom stereocenters. The summed E-state index contributed by atoms with van der Waals surface area (Å²) in [5.41, 5.74) is 6.79. The first-order valence-corrected chi connectivity index (χ1v) is 9.82. The van der Waals surface area contributed by atoms with Gasteiger partial charge in [-0.15, -0.1) is 0 Å². The quantitative estimate of drug-likeness (QED) is 0.774. The summed E-state index contributed by atoms with van der Waals surface area (Å²) in [7, 11) is 0. The van der Waals surface area contributed by atoms with Crippen molar-refractivity contribution in [3.8, 4) is 5.69 Å². The van der Waals surface area contributed by atoms with Crippen molar-refractivity contribution in [2.45, 2.75) is 34.6 Å². The lowest BCUT2D eigenvalue weighted by molar-refractivity contribution is -0.114. The van der Waals surface area contributed by atoms with E-state index in [1.54, 1.807) is 6.08 Å². The van der Waals surface area contributed by atoms with Crippen LogP contribution >= 0.6 is 11.8 Å². The highest BCUT2D eigenvalue weighted by Gasteiger charge is 2.34. The molecular weight excluding hydrogens is 370 g/mol. The van der Waals surface area contributed by atoms with E-state index < -0.39 is 5.91 Å². The maximum absolute atomic E-state index is 12.5. The fourth-order valence-corrected chi connectivity index (χ4v) is 4.41. The Morgan fingerprint density at radius 3 is 2.46 bits per heavy atom. The number of aromatic nitrogens is 1. The Hall–Kier alpha value is -2.93. The van der Waals surface area contributed by atoms with Crippen LogP contribution in [0.2, 0.25) is 0 Å². The lowest BCUT2D eigenvalue weighted by Gasteiger charge is -2.20. The second kappa shape index (κ2) is 6.60. The van der Waals surface area contributed by atoms with Crippen molar-refractivity contribution >= 4 is 39.8 Å². The molecule has 0 unspecified atom stereocenters. The van der Waals surface area contributed by atoms with Crippen LogP contribution in [0.15, 0.2) is 39.9 Å². The van der Waals surface area contributed by atoms with E-state index in [2.05, 4.69) is 53.6 Å². The van der Waals surface area contributed by atoms with E-state index in [0.717, 1.165) is 27.7 Å². The number of para-hydroxylation sites is 1. The molecule has 0 radical (unpaired) electrons. The molecule has 1 N–H and O–H groups in total. The van der Waals surface area contributed by atoms with Gasteiger partial charge in [-0.25, -0.2) is 0 Å². The smallest absolute Gasteiger partial charge is 0.283 e. The molecule has 2 aliphatic rings. The molecule has 0 saturated carbocycles. The van der Waals surface area contributed by atoms with Crippen LogP contribution in [-0.4, -0.2) is 31.5 Å². The Morgan fingerprint density at radius 1 is 1.11 bits per heavy atom. The Labute approximate surface area is 168 Å². The summed E-state index contributed by atoms with van der Waals surface area (Å²) in [5, 5.41) is 15.4. The van der Waals surface area contributed by atoms with Crippen molar-refractivity contribution in [3.63, 3.8) is 0 Å². The molecule has 142 valence electrons. The zero-order valence-corrected chi connectivity index (χ0v) is 17.3. The molecule has 0 fully saturated rings. The van der Waals surface area contributed by atoms with Crippen LogP contribution in [0.5, 0.6) is 0 Å². The number of hydrogen-bond donors (Lipinski definition) is 1. The van der Waals surface area contributed by atoms with Gasteiger partial charge in [-0.1, -0.05) is 18.2 Å². The summed E-state index contributed by atoms with van der Waals surface area (Å²) in [6, 6.07) is 8.29. The summed E-state index contributed by atoms with van der Waals surface area (Å²) in [5.74, 6) is -0.332. The van der Waals surface area contributed by atoms with Crippen LogP contribution in [-0.2, 0) is 4.79 Å². The average molecular weight is 392 g/mol. The summed E-state index contributed by atoms with van der Waals surface area (Å²) in [6.07, 6.45) is 1.76. The highest BCUT2D eigenvalue weighted by molar-refractivity contribution is 8.26. The minimum absolute atomic E-state index is 0.0659. The number of thioether (sulfide) groups is 1. The highest BCUT2D eigenvalue weighted by atomic mass is 32.2. The van der Waals surface area contributed by atoms with E-state index in [1.807, 2.05) is 19.9 Å². The van der Waals surface area contributed by atoms with Crippen LogP contribution in [0.25, 0.3) is 11.8 Å². The number of benzene rings is 1. The maximum atomic E-state index is 12.5. The number of amidine groups is 2. The Balaban J connectivity index is 1.82. The number of aliphatic imine (C=N–C) groups is 1. The number of fused-ring (bicyclic) bond motifs is 1. The first-order chi connectivity index (χ1) is 13.3. The van der Waals surface area contributed by atoms with Crippen LogP contribution in [0.3, 0.4) is 0 Å². The minimum atomic E-state index is -0.398. The van der Waals surface area contributed by atoms with Gasteiger partial charge in [0, 0.05) is 11.4 Å². The molecule has 28 heavy (non-hydrogen) atoms. The predicted octanol–water partition coefficient (Wildman–Crippen LogP) is 4.35. The van der Waals surface area contributed by atoms with E-state index in [9.17, 15) is 4.79 Å². The first-order valence-electron chi connectivity index (χ1n) is 9.00. The third-order valence-electron chi connectivity index (χ3n) is 4.99. The van der Waals surface area contributed by atoms with Crippen LogP contribution < -0.4 is 0 Å². The van der Waals surface area contributed by atoms with Gasteiger partial charge >= 0.3 is 0 Å². The van der Waals surface area contributed by atoms with Crippen molar-refractivity contribution in [1.82, 2.24) is 9.58 Å². The molecule has 1 amide bonds. The van der Waals surface area contributed by atoms with Crippen LogP contribution in [0, 0.1) is 33.1 Å². The fourth-order valence-electron chi connectivity index (χ4n) is 3.68. The van der Waals surface area contributed by atoms with Gasteiger partial charge in [0.25, 0.3) is 5.91 Å². The third kappa shape index (κ3) is 2.82. The molecule has 1 aromatic carbocycles. The summed E-state index contributed by atoms with van der Waals surface area (Å²) in [6.45, 7) is 10.1. The third-order valence-corrected chi connectivity index (χ3v) is 5.81. The number of nitrogens with zero attached hydrogens (tertiary/aromatic N) is 4. The van der Waals surface area contributed by atoms with Crippen molar-refractivity contribution < 1.29 is 4.79 Å². The van der Waals surface area contributed by atoms with Crippen LogP contribution in [0.4, 0.5) is 0 Å². The number of carbonyl (C=O) groups excluding carboxylic acids is 1. The Morgan fingerprint density at radius 2 is 1.79 bits per heavy atom. The van der Waals surface area contributed by atoms with E-state index in [-0.39, 0.29) is 11.4 Å². The molecule has 7 heteroatoms. The van der Waals surface area contributed by atoms with Crippen molar-refractivity contribution in [2.75, 3.05) is 0 Å². The SMILES string of the molecule is CC1=NN2C(=N)C(=Cc3cc(C)n(-c4c(C)cccc4C)c3C)C(=O)N=C2S1. The maximum Gasteiger partial charge on any atom is 0.283 e. The molecule has 6 nitrogen and oxygen atoms in total. The van der Waals surface area contributed by atoms with Gasteiger partial charge in [0.2, 0.25) is 5.17 Å². The van der Waals surface area contributed by atoms with E-state index >= 15 is 0 Å². The topological polar surface area (TPSA) is 73.8 Å². The van der Waals surface area contributed by atoms with Gasteiger partial charge in [0.1, 0.15) is 0 Å². The molecule has 0 aliphatic carbocycles. The summed E-state index contributed by atoms with van der Waals surface area (Å²) < 4.78 is 2.21. The largest absolute Gasteiger partial charge is 0.317 e. The van der Waals surface area contributed by atoms with Gasteiger partial charge in [-0.3, -0.25) is 10.2 Å². The number of carbonyl (C=O) groups is 1. The monoisotopic (exact) mass is 391 g/mol. The molecule has 0 spiro atoms. The molecule has 4 rings (SSSR count).